The van der Waals surface area contributed by atoms with Crippen LogP contribution in [0.1, 0.15) is 60.0 Å². The smallest absolute Gasteiger partial charge is 0.128 e. The number of aryl methyl sites for hydroxylation is 2. The Kier molecular flexibility index (Phi) is 5.06. The summed E-state index contributed by atoms with van der Waals surface area (Å²) in [5, 5.41) is 7.62. The van der Waals surface area contributed by atoms with Gasteiger partial charge in [0.1, 0.15) is 5.82 Å². The molecule has 1 N–H and O–H groups in total. The molecule has 1 aromatic heterocycles. The minimum absolute atomic E-state index is 0.165. The summed E-state index contributed by atoms with van der Waals surface area (Å²) < 4.78 is 18.6. The van der Waals surface area contributed by atoms with E-state index in [0.717, 1.165) is 28.2 Å². The first-order valence-corrected chi connectivity index (χ1v) is 8.05. The van der Waals surface area contributed by atoms with Gasteiger partial charge < -0.3 is 5.32 Å². The maximum absolute atomic E-state index is 14.5. The minimum Gasteiger partial charge on any atom is -0.306 e. The zero-order valence-electron chi connectivity index (χ0n) is 13.2. The fraction of sp³-hybridized carbons (Fsp3) is 0.500. The van der Waals surface area contributed by atoms with Gasteiger partial charge in [-0.3, -0.25) is 0 Å². The number of nitrogens with zero attached hydrogens (tertiary/aromatic N) is 2. The van der Waals surface area contributed by atoms with Gasteiger partial charge in [0.15, 0.2) is 0 Å². The van der Waals surface area contributed by atoms with Crippen molar-refractivity contribution in [3.8, 4) is 0 Å². The summed E-state index contributed by atoms with van der Waals surface area (Å²) in [6.07, 6.45) is 0. The van der Waals surface area contributed by atoms with E-state index in [1.54, 1.807) is 6.07 Å². The van der Waals surface area contributed by atoms with Gasteiger partial charge in [-0.05, 0) is 55.0 Å². The van der Waals surface area contributed by atoms with E-state index in [-0.39, 0.29) is 17.8 Å². The van der Waals surface area contributed by atoms with Gasteiger partial charge in [-0.15, -0.1) is 5.10 Å². The van der Waals surface area contributed by atoms with E-state index in [2.05, 4.69) is 28.8 Å². The highest BCUT2D eigenvalue weighted by Crippen LogP contribution is 2.34. The molecule has 0 spiro atoms. The van der Waals surface area contributed by atoms with Gasteiger partial charge in [-0.25, -0.2) is 4.39 Å². The molecule has 0 aliphatic carbocycles. The monoisotopic (exact) mass is 307 g/mol. The molecule has 0 fully saturated rings. The van der Waals surface area contributed by atoms with Gasteiger partial charge in [-0.2, -0.15) is 0 Å². The maximum atomic E-state index is 14.5. The molecule has 0 aliphatic rings. The first-order valence-electron chi connectivity index (χ1n) is 7.27. The molecular formula is C16H22FN3S. The average molecular weight is 307 g/mol. The summed E-state index contributed by atoms with van der Waals surface area (Å²) in [4.78, 5) is 1.01. The predicted octanol–water partition coefficient (Wildman–Crippen LogP) is 4.12. The second kappa shape index (κ2) is 6.62. The largest absolute Gasteiger partial charge is 0.306 e. The van der Waals surface area contributed by atoms with Crippen molar-refractivity contribution in [2.24, 2.45) is 0 Å². The van der Waals surface area contributed by atoms with Crippen LogP contribution in [-0.2, 0) is 0 Å². The molecule has 3 nitrogen and oxygen atoms in total. The number of rotatable bonds is 5. The van der Waals surface area contributed by atoms with E-state index in [0.29, 0.717) is 5.56 Å². The Hall–Kier alpha value is -1.33. The fourth-order valence-corrected chi connectivity index (χ4v) is 3.52. The lowest BCUT2D eigenvalue weighted by molar-refractivity contribution is 0.554. The molecule has 0 saturated carbocycles. The summed E-state index contributed by atoms with van der Waals surface area (Å²) in [6.45, 7) is 10.8. The zero-order chi connectivity index (χ0) is 15.6. The first-order chi connectivity index (χ1) is 9.95. The summed E-state index contributed by atoms with van der Waals surface area (Å²) >= 11 is 1.35. The van der Waals surface area contributed by atoms with Crippen molar-refractivity contribution >= 4 is 11.5 Å². The maximum Gasteiger partial charge on any atom is 0.128 e. The average Bonchev–Trinajstić information content (AvgIpc) is 2.85. The lowest BCUT2D eigenvalue weighted by Gasteiger charge is -2.21. The van der Waals surface area contributed by atoms with Crippen LogP contribution < -0.4 is 5.32 Å². The van der Waals surface area contributed by atoms with Gasteiger partial charge in [0.05, 0.1) is 16.6 Å². The van der Waals surface area contributed by atoms with Crippen LogP contribution >= 0.6 is 11.5 Å². The molecule has 2 aromatic rings. The Labute approximate surface area is 129 Å². The van der Waals surface area contributed by atoms with Gasteiger partial charge in [0, 0.05) is 5.56 Å². The molecule has 0 amide bonds. The molecule has 5 heteroatoms. The summed E-state index contributed by atoms with van der Waals surface area (Å²) in [5.41, 5.74) is 3.55. The van der Waals surface area contributed by atoms with Gasteiger partial charge in [-0.1, -0.05) is 31.3 Å². The number of nitrogens with one attached hydrogen (secondary N) is 1. The summed E-state index contributed by atoms with van der Waals surface area (Å²) in [5.74, 6) is 0.107. The molecule has 1 atom stereocenters. The Morgan fingerprint density at radius 2 is 2.00 bits per heavy atom. The molecule has 1 heterocycles. The summed E-state index contributed by atoms with van der Waals surface area (Å²) in [6, 6.07) is 3.43. The quantitative estimate of drug-likeness (QED) is 0.903. The molecule has 114 valence electrons. The topological polar surface area (TPSA) is 37.8 Å². The van der Waals surface area contributed by atoms with Crippen molar-refractivity contribution in [2.45, 2.75) is 46.6 Å². The highest BCUT2D eigenvalue weighted by Gasteiger charge is 2.26. The van der Waals surface area contributed by atoms with E-state index in [9.17, 15) is 4.39 Å². The summed E-state index contributed by atoms with van der Waals surface area (Å²) in [7, 11) is 0. The van der Waals surface area contributed by atoms with Crippen LogP contribution in [0, 0.1) is 19.7 Å². The van der Waals surface area contributed by atoms with Crippen LogP contribution in [0.15, 0.2) is 12.1 Å². The van der Waals surface area contributed by atoms with Crippen LogP contribution in [0.4, 0.5) is 4.39 Å². The van der Waals surface area contributed by atoms with E-state index >= 15 is 0 Å². The van der Waals surface area contributed by atoms with Crippen molar-refractivity contribution in [2.75, 3.05) is 6.54 Å². The Morgan fingerprint density at radius 3 is 2.57 bits per heavy atom. The third-order valence-corrected chi connectivity index (χ3v) is 4.33. The molecule has 0 bridgehead atoms. The van der Waals surface area contributed by atoms with Crippen molar-refractivity contribution in [3.63, 3.8) is 0 Å². The Balaban J connectivity index is 2.56. The van der Waals surface area contributed by atoms with Crippen molar-refractivity contribution in [1.82, 2.24) is 14.9 Å². The lowest BCUT2D eigenvalue weighted by atomic mass is 9.94. The minimum atomic E-state index is -0.187. The third kappa shape index (κ3) is 3.30. The van der Waals surface area contributed by atoms with Crippen molar-refractivity contribution < 1.29 is 4.39 Å². The number of benzene rings is 1. The number of aromatic nitrogens is 2. The first kappa shape index (κ1) is 16.0. The van der Waals surface area contributed by atoms with Crippen LogP contribution in [-0.4, -0.2) is 16.1 Å². The molecule has 2 rings (SSSR count). The van der Waals surface area contributed by atoms with E-state index in [1.165, 1.54) is 11.5 Å². The highest BCUT2D eigenvalue weighted by atomic mass is 32.1. The third-order valence-electron chi connectivity index (χ3n) is 3.53. The zero-order valence-corrected chi connectivity index (χ0v) is 14.0. The Morgan fingerprint density at radius 1 is 1.29 bits per heavy atom. The van der Waals surface area contributed by atoms with Crippen LogP contribution in [0.5, 0.6) is 0 Å². The SMILES string of the molecule is CCNC(c1snnc1C(C)C)c1c(C)cc(C)cc1F. The van der Waals surface area contributed by atoms with Gasteiger partial charge >= 0.3 is 0 Å². The number of hydrogen-bond donors (Lipinski definition) is 1. The van der Waals surface area contributed by atoms with Gasteiger partial charge in [0.2, 0.25) is 0 Å². The molecule has 0 radical (unpaired) electrons. The van der Waals surface area contributed by atoms with Crippen molar-refractivity contribution in [1.29, 1.82) is 0 Å². The number of halogens is 1. The van der Waals surface area contributed by atoms with Gasteiger partial charge in [0.25, 0.3) is 0 Å². The molecule has 21 heavy (non-hydrogen) atoms. The van der Waals surface area contributed by atoms with E-state index in [4.69, 9.17) is 0 Å². The second-order valence-corrected chi connectivity index (χ2v) is 6.43. The fourth-order valence-electron chi connectivity index (χ4n) is 2.63. The standard InChI is InChI=1S/C16H22FN3S/c1-6-18-15(16-14(9(2)3)19-20-21-16)13-11(5)7-10(4)8-12(13)17/h7-9,15,18H,6H2,1-5H3. The van der Waals surface area contributed by atoms with E-state index in [1.807, 2.05) is 26.8 Å². The molecule has 0 saturated heterocycles. The van der Waals surface area contributed by atoms with Crippen molar-refractivity contribution in [3.05, 3.63) is 45.2 Å². The second-order valence-electron chi connectivity index (χ2n) is 5.65. The molecule has 0 aliphatic heterocycles. The Bertz CT molecular complexity index is 599. The lowest BCUT2D eigenvalue weighted by Crippen LogP contribution is -2.24. The van der Waals surface area contributed by atoms with Crippen LogP contribution in [0.3, 0.4) is 0 Å². The molecular weight excluding hydrogens is 285 g/mol. The normalized spacial score (nSPS) is 12.9. The predicted molar refractivity (Wildman–Crippen MR) is 85.4 cm³/mol. The number of hydrogen-bond acceptors (Lipinski definition) is 4. The highest BCUT2D eigenvalue weighted by molar-refractivity contribution is 7.05. The van der Waals surface area contributed by atoms with Crippen LogP contribution in [0.25, 0.3) is 0 Å². The molecule has 1 aromatic carbocycles. The molecule has 1 unspecified atom stereocenters. The van der Waals surface area contributed by atoms with Crippen LogP contribution in [0.2, 0.25) is 0 Å². The van der Waals surface area contributed by atoms with E-state index < -0.39 is 0 Å².